The summed E-state index contributed by atoms with van der Waals surface area (Å²) in [6.07, 6.45) is 7.05. The molecule has 0 atom stereocenters. The third-order valence-electron chi connectivity index (χ3n) is 2.78. The van der Waals surface area contributed by atoms with Crippen LogP contribution in [-0.2, 0) is 4.74 Å². The first-order valence-electron chi connectivity index (χ1n) is 5.10. The predicted octanol–water partition coefficient (Wildman–Crippen LogP) is 1.94. The van der Waals surface area contributed by atoms with Crippen LogP contribution in [-0.4, -0.2) is 31.2 Å². The van der Waals surface area contributed by atoms with E-state index in [0.717, 1.165) is 26.3 Å². The molecule has 1 saturated heterocycles. The van der Waals surface area contributed by atoms with Crippen LogP contribution in [0.15, 0.2) is 23.4 Å². The number of morpholine rings is 1. The van der Waals surface area contributed by atoms with Crippen molar-refractivity contribution in [3.05, 3.63) is 23.4 Å². The van der Waals surface area contributed by atoms with Gasteiger partial charge >= 0.3 is 0 Å². The van der Waals surface area contributed by atoms with Crippen LogP contribution in [0.25, 0.3) is 0 Å². The quantitative estimate of drug-likeness (QED) is 0.610. The molecule has 2 aliphatic rings. The van der Waals surface area contributed by atoms with Gasteiger partial charge in [-0.25, -0.2) is 0 Å². The first kappa shape index (κ1) is 8.82. The summed E-state index contributed by atoms with van der Waals surface area (Å²) in [6, 6.07) is 0. The third-order valence-corrected chi connectivity index (χ3v) is 2.78. The standard InChI is InChI=1S/C11H17NO/c1-2-10-4-3-5-11(10)12-6-8-13-9-7-12/h2,5H,3-4,6-9H2,1H3. The molecule has 0 radical (unpaired) electrons. The highest BCUT2D eigenvalue weighted by Crippen LogP contribution is 2.27. The van der Waals surface area contributed by atoms with Crippen LogP contribution in [0.4, 0.5) is 0 Å². The summed E-state index contributed by atoms with van der Waals surface area (Å²) in [7, 11) is 0. The Morgan fingerprint density at radius 1 is 1.38 bits per heavy atom. The Kier molecular flexibility index (Phi) is 2.69. The van der Waals surface area contributed by atoms with Crippen molar-refractivity contribution >= 4 is 0 Å². The van der Waals surface area contributed by atoms with Gasteiger partial charge in [0.05, 0.1) is 13.2 Å². The summed E-state index contributed by atoms with van der Waals surface area (Å²) in [6.45, 7) is 6.02. The van der Waals surface area contributed by atoms with Crippen molar-refractivity contribution in [2.45, 2.75) is 19.8 Å². The van der Waals surface area contributed by atoms with Gasteiger partial charge in [-0.1, -0.05) is 12.2 Å². The Balaban J connectivity index is 2.06. The normalized spacial score (nSPS) is 26.7. The minimum Gasteiger partial charge on any atom is -0.378 e. The Morgan fingerprint density at radius 3 is 2.85 bits per heavy atom. The number of hydrogen-bond acceptors (Lipinski definition) is 2. The van der Waals surface area contributed by atoms with Crippen LogP contribution in [0.3, 0.4) is 0 Å². The molecule has 2 heteroatoms. The Bertz CT molecular complexity index is 236. The van der Waals surface area contributed by atoms with E-state index in [-0.39, 0.29) is 0 Å². The summed E-state index contributed by atoms with van der Waals surface area (Å²) < 4.78 is 5.34. The van der Waals surface area contributed by atoms with Gasteiger partial charge in [-0.3, -0.25) is 0 Å². The lowest BCUT2D eigenvalue weighted by molar-refractivity contribution is 0.0549. The van der Waals surface area contributed by atoms with E-state index in [0.29, 0.717) is 0 Å². The molecule has 0 aromatic carbocycles. The molecule has 1 fully saturated rings. The Morgan fingerprint density at radius 2 is 2.15 bits per heavy atom. The molecule has 0 N–H and O–H groups in total. The van der Waals surface area contributed by atoms with Crippen molar-refractivity contribution in [2.24, 2.45) is 0 Å². The zero-order valence-corrected chi connectivity index (χ0v) is 8.25. The molecule has 1 heterocycles. The van der Waals surface area contributed by atoms with E-state index in [1.54, 1.807) is 0 Å². The average Bonchev–Trinajstić information content (AvgIpc) is 2.67. The maximum absolute atomic E-state index is 5.34. The molecule has 0 saturated carbocycles. The minimum atomic E-state index is 0.883. The molecule has 1 aliphatic carbocycles. The lowest BCUT2D eigenvalue weighted by atomic mass is 10.2. The van der Waals surface area contributed by atoms with Crippen molar-refractivity contribution < 1.29 is 4.74 Å². The molecule has 13 heavy (non-hydrogen) atoms. The molecule has 1 aliphatic heterocycles. The SMILES string of the molecule is CC=C1CCC=C1N1CCOCC1. The number of allylic oxidation sites excluding steroid dienone is 3. The van der Waals surface area contributed by atoms with Crippen molar-refractivity contribution in [3.63, 3.8) is 0 Å². The summed E-state index contributed by atoms with van der Waals surface area (Å²) in [5.74, 6) is 0. The van der Waals surface area contributed by atoms with E-state index in [1.807, 2.05) is 0 Å². The monoisotopic (exact) mass is 179 g/mol. The fraction of sp³-hybridized carbons (Fsp3) is 0.636. The molecular formula is C11H17NO. The van der Waals surface area contributed by atoms with E-state index in [4.69, 9.17) is 4.74 Å². The van der Waals surface area contributed by atoms with Gasteiger partial charge in [-0.05, 0) is 25.3 Å². The van der Waals surface area contributed by atoms with Crippen LogP contribution < -0.4 is 0 Å². The molecule has 0 spiro atoms. The second kappa shape index (κ2) is 3.97. The maximum Gasteiger partial charge on any atom is 0.0642 e. The van der Waals surface area contributed by atoms with Gasteiger partial charge in [0.2, 0.25) is 0 Å². The minimum absolute atomic E-state index is 0.883. The first-order chi connectivity index (χ1) is 6.42. The molecule has 0 aromatic heterocycles. The van der Waals surface area contributed by atoms with Crippen LogP contribution in [0.2, 0.25) is 0 Å². The second-order valence-electron chi connectivity index (χ2n) is 3.54. The lowest BCUT2D eigenvalue weighted by Crippen LogP contribution is -2.35. The van der Waals surface area contributed by atoms with E-state index >= 15 is 0 Å². The number of rotatable bonds is 1. The van der Waals surface area contributed by atoms with Crippen molar-refractivity contribution in [1.29, 1.82) is 0 Å². The number of nitrogens with zero attached hydrogens (tertiary/aromatic N) is 1. The van der Waals surface area contributed by atoms with Crippen LogP contribution in [0.1, 0.15) is 19.8 Å². The molecular weight excluding hydrogens is 162 g/mol. The van der Waals surface area contributed by atoms with E-state index < -0.39 is 0 Å². The Labute approximate surface area is 79.9 Å². The van der Waals surface area contributed by atoms with Crippen LogP contribution >= 0.6 is 0 Å². The van der Waals surface area contributed by atoms with E-state index in [9.17, 15) is 0 Å². The molecule has 72 valence electrons. The molecule has 0 aromatic rings. The van der Waals surface area contributed by atoms with Crippen LogP contribution in [0, 0.1) is 0 Å². The summed E-state index contributed by atoms with van der Waals surface area (Å²) in [5.41, 5.74) is 2.98. The largest absolute Gasteiger partial charge is 0.378 e. The highest BCUT2D eigenvalue weighted by atomic mass is 16.5. The molecule has 2 nitrogen and oxygen atoms in total. The van der Waals surface area contributed by atoms with Crippen molar-refractivity contribution in [3.8, 4) is 0 Å². The second-order valence-corrected chi connectivity index (χ2v) is 3.54. The fourth-order valence-electron chi connectivity index (χ4n) is 2.05. The molecule has 2 rings (SSSR count). The summed E-state index contributed by atoms with van der Waals surface area (Å²) in [5, 5.41) is 0. The molecule has 0 bridgehead atoms. The topological polar surface area (TPSA) is 12.5 Å². The predicted molar refractivity (Wildman–Crippen MR) is 53.5 cm³/mol. The smallest absolute Gasteiger partial charge is 0.0642 e. The van der Waals surface area contributed by atoms with Crippen LogP contribution in [0.5, 0.6) is 0 Å². The summed E-state index contributed by atoms with van der Waals surface area (Å²) >= 11 is 0. The van der Waals surface area contributed by atoms with Gasteiger partial charge < -0.3 is 9.64 Å². The molecule has 0 unspecified atom stereocenters. The van der Waals surface area contributed by atoms with E-state index in [2.05, 4.69) is 24.0 Å². The average molecular weight is 179 g/mol. The third kappa shape index (κ3) is 1.78. The molecule has 0 amide bonds. The van der Waals surface area contributed by atoms with Crippen molar-refractivity contribution in [1.82, 2.24) is 4.90 Å². The zero-order chi connectivity index (χ0) is 9.10. The van der Waals surface area contributed by atoms with Gasteiger partial charge in [0.25, 0.3) is 0 Å². The van der Waals surface area contributed by atoms with Gasteiger partial charge in [0.15, 0.2) is 0 Å². The first-order valence-corrected chi connectivity index (χ1v) is 5.10. The maximum atomic E-state index is 5.34. The fourth-order valence-corrected chi connectivity index (χ4v) is 2.05. The van der Waals surface area contributed by atoms with Gasteiger partial charge in [-0.2, -0.15) is 0 Å². The van der Waals surface area contributed by atoms with Gasteiger partial charge in [-0.15, -0.1) is 0 Å². The van der Waals surface area contributed by atoms with E-state index in [1.165, 1.54) is 24.1 Å². The Hall–Kier alpha value is -0.760. The van der Waals surface area contributed by atoms with Gasteiger partial charge in [0.1, 0.15) is 0 Å². The highest BCUT2D eigenvalue weighted by Gasteiger charge is 2.19. The number of ether oxygens (including phenoxy) is 1. The number of hydrogen-bond donors (Lipinski definition) is 0. The highest BCUT2D eigenvalue weighted by molar-refractivity contribution is 5.34. The van der Waals surface area contributed by atoms with Gasteiger partial charge in [0, 0.05) is 18.8 Å². The zero-order valence-electron chi connectivity index (χ0n) is 8.25. The summed E-state index contributed by atoms with van der Waals surface area (Å²) in [4.78, 5) is 2.45. The lowest BCUT2D eigenvalue weighted by Gasteiger charge is -2.30. The van der Waals surface area contributed by atoms with Crippen molar-refractivity contribution in [2.75, 3.05) is 26.3 Å².